The quantitative estimate of drug-likeness (QED) is 0.616. The van der Waals surface area contributed by atoms with E-state index in [2.05, 4.69) is 15.9 Å². The SMILES string of the molecule is O=S(=O)(CCCCBr)c1ccc(Cl)s1. The lowest BCUT2D eigenvalue weighted by molar-refractivity contribution is 0.595. The Hall–Kier alpha value is 0.420. The molecule has 1 aromatic rings. The molecule has 0 N–H and O–H groups in total. The van der Waals surface area contributed by atoms with E-state index >= 15 is 0 Å². The molecule has 14 heavy (non-hydrogen) atoms. The molecule has 0 saturated carbocycles. The van der Waals surface area contributed by atoms with Gasteiger partial charge in [0.25, 0.3) is 0 Å². The number of hydrogen-bond acceptors (Lipinski definition) is 3. The standard InChI is InChI=1S/C8H10BrClO2S2/c9-5-1-2-6-14(11,12)8-4-3-7(10)13-8/h3-4H,1-2,5-6H2. The van der Waals surface area contributed by atoms with Crippen molar-refractivity contribution in [3.05, 3.63) is 16.5 Å². The first-order valence-corrected chi connectivity index (χ1v) is 8.07. The molecule has 2 nitrogen and oxygen atoms in total. The van der Waals surface area contributed by atoms with Crippen molar-refractivity contribution in [2.45, 2.75) is 17.1 Å². The summed E-state index contributed by atoms with van der Waals surface area (Å²) >= 11 is 10.1. The third-order valence-electron chi connectivity index (χ3n) is 1.65. The van der Waals surface area contributed by atoms with Crippen LogP contribution in [0.1, 0.15) is 12.8 Å². The second kappa shape index (κ2) is 5.49. The first-order valence-electron chi connectivity index (χ1n) is 4.10. The zero-order valence-corrected chi connectivity index (χ0v) is 11.3. The van der Waals surface area contributed by atoms with Crippen LogP contribution in [-0.4, -0.2) is 19.5 Å². The van der Waals surface area contributed by atoms with Crippen LogP contribution in [0.5, 0.6) is 0 Å². The molecule has 1 aromatic heterocycles. The Morgan fingerprint density at radius 3 is 2.57 bits per heavy atom. The molecule has 0 aliphatic carbocycles. The van der Waals surface area contributed by atoms with Crippen molar-refractivity contribution in [1.82, 2.24) is 0 Å². The Bertz CT molecular complexity index is 386. The summed E-state index contributed by atoms with van der Waals surface area (Å²) in [5, 5.41) is 0.841. The maximum absolute atomic E-state index is 11.7. The van der Waals surface area contributed by atoms with Gasteiger partial charge in [-0.1, -0.05) is 27.5 Å². The Morgan fingerprint density at radius 1 is 1.36 bits per heavy atom. The minimum Gasteiger partial charge on any atom is -0.223 e. The summed E-state index contributed by atoms with van der Waals surface area (Å²) < 4.78 is 24.2. The van der Waals surface area contributed by atoms with E-state index in [1.54, 1.807) is 12.1 Å². The number of thiophene rings is 1. The lowest BCUT2D eigenvalue weighted by Crippen LogP contribution is -2.04. The largest absolute Gasteiger partial charge is 0.223 e. The highest BCUT2D eigenvalue weighted by molar-refractivity contribution is 9.09. The highest BCUT2D eigenvalue weighted by Gasteiger charge is 2.15. The Balaban J connectivity index is 2.66. The van der Waals surface area contributed by atoms with Crippen molar-refractivity contribution >= 4 is 48.7 Å². The van der Waals surface area contributed by atoms with Gasteiger partial charge >= 0.3 is 0 Å². The molecule has 6 heteroatoms. The van der Waals surface area contributed by atoms with Crippen LogP contribution in [0.3, 0.4) is 0 Å². The summed E-state index contributed by atoms with van der Waals surface area (Å²) in [5.74, 6) is 0.204. The predicted molar refractivity (Wildman–Crippen MR) is 64.4 cm³/mol. The van der Waals surface area contributed by atoms with Gasteiger partial charge < -0.3 is 0 Å². The molecule has 0 amide bonds. The average molecular weight is 318 g/mol. The number of unbranched alkanes of at least 4 members (excludes halogenated alkanes) is 1. The lowest BCUT2D eigenvalue weighted by atomic mass is 10.4. The average Bonchev–Trinajstić information content (AvgIpc) is 2.53. The van der Waals surface area contributed by atoms with Gasteiger partial charge in [-0.15, -0.1) is 11.3 Å². The minimum atomic E-state index is -3.10. The molecule has 0 saturated heterocycles. The molecular formula is C8H10BrClO2S2. The van der Waals surface area contributed by atoms with Crippen LogP contribution in [0.2, 0.25) is 4.34 Å². The third-order valence-corrected chi connectivity index (χ3v) is 5.83. The van der Waals surface area contributed by atoms with E-state index in [1.807, 2.05) is 0 Å². The van der Waals surface area contributed by atoms with E-state index in [1.165, 1.54) is 0 Å². The van der Waals surface area contributed by atoms with Crippen LogP contribution in [0.4, 0.5) is 0 Å². The van der Waals surface area contributed by atoms with E-state index in [9.17, 15) is 8.42 Å². The van der Waals surface area contributed by atoms with Gasteiger partial charge in [0.05, 0.1) is 10.1 Å². The zero-order chi connectivity index (χ0) is 10.6. The van der Waals surface area contributed by atoms with Crippen molar-refractivity contribution < 1.29 is 8.42 Å². The molecule has 1 rings (SSSR count). The smallest absolute Gasteiger partial charge is 0.187 e. The monoisotopic (exact) mass is 316 g/mol. The molecule has 0 aliphatic heterocycles. The first-order chi connectivity index (χ1) is 6.56. The third kappa shape index (κ3) is 3.53. The molecule has 0 unspecified atom stereocenters. The number of alkyl halides is 1. The number of sulfone groups is 1. The van der Waals surface area contributed by atoms with E-state index in [4.69, 9.17) is 11.6 Å². The second-order valence-electron chi connectivity index (χ2n) is 2.77. The highest BCUT2D eigenvalue weighted by atomic mass is 79.9. The molecular weight excluding hydrogens is 308 g/mol. The van der Waals surface area contributed by atoms with Gasteiger partial charge in [-0.05, 0) is 25.0 Å². The number of halogens is 2. The van der Waals surface area contributed by atoms with Crippen molar-refractivity contribution in [3.8, 4) is 0 Å². The highest BCUT2D eigenvalue weighted by Crippen LogP contribution is 2.26. The van der Waals surface area contributed by atoms with Crippen molar-refractivity contribution in [1.29, 1.82) is 0 Å². The van der Waals surface area contributed by atoms with Crippen LogP contribution < -0.4 is 0 Å². The normalized spacial score (nSPS) is 11.9. The molecule has 80 valence electrons. The van der Waals surface area contributed by atoms with Crippen molar-refractivity contribution in [2.75, 3.05) is 11.1 Å². The van der Waals surface area contributed by atoms with E-state index in [0.29, 0.717) is 15.0 Å². The van der Waals surface area contributed by atoms with E-state index in [-0.39, 0.29) is 5.75 Å². The van der Waals surface area contributed by atoms with Crippen LogP contribution in [0.25, 0.3) is 0 Å². The minimum absolute atomic E-state index is 0.204. The summed E-state index contributed by atoms with van der Waals surface area (Å²) in [4.78, 5) is 0. The number of rotatable bonds is 5. The fourth-order valence-corrected chi connectivity index (χ4v) is 4.35. The Labute approximate surface area is 101 Å². The Kier molecular flexibility index (Phi) is 4.90. The van der Waals surface area contributed by atoms with Gasteiger partial charge in [-0.2, -0.15) is 0 Å². The topological polar surface area (TPSA) is 34.1 Å². The number of hydrogen-bond donors (Lipinski definition) is 0. The van der Waals surface area contributed by atoms with Gasteiger partial charge in [0.15, 0.2) is 9.84 Å². The first kappa shape index (κ1) is 12.5. The van der Waals surface area contributed by atoms with E-state index < -0.39 is 9.84 Å². The van der Waals surface area contributed by atoms with Gasteiger partial charge in [-0.25, -0.2) is 8.42 Å². The predicted octanol–water partition coefficient (Wildman–Crippen LogP) is 3.35. The summed E-state index contributed by atoms with van der Waals surface area (Å²) in [6.45, 7) is 0. The van der Waals surface area contributed by atoms with Crippen LogP contribution in [0, 0.1) is 0 Å². The molecule has 0 radical (unpaired) electrons. The Morgan fingerprint density at radius 2 is 2.07 bits per heavy atom. The second-order valence-corrected chi connectivity index (χ2v) is 7.62. The molecule has 0 atom stereocenters. The molecule has 0 fully saturated rings. The lowest BCUT2D eigenvalue weighted by Gasteiger charge is -1.99. The van der Waals surface area contributed by atoms with E-state index in [0.717, 1.165) is 23.1 Å². The molecule has 0 spiro atoms. The van der Waals surface area contributed by atoms with Gasteiger partial charge in [0, 0.05) is 5.33 Å². The summed E-state index contributed by atoms with van der Waals surface area (Å²) in [6, 6.07) is 3.18. The van der Waals surface area contributed by atoms with Crippen LogP contribution >= 0.6 is 38.9 Å². The molecule has 0 aromatic carbocycles. The van der Waals surface area contributed by atoms with Crippen LogP contribution in [-0.2, 0) is 9.84 Å². The summed E-state index contributed by atoms with van der Waals surface area (Å²) in [5.41, 5.74) is 0. The fourth-order valence-electron chi connectivity index (χ4n) is 0.952. The fraction of sp³-hybridized carbons (Fsp3) is 0.500. The van der Waals surface area contributed by atoms with Gasteiger partial charge in [-0.3, -0.25) is 0 Å². The maximum atomic E-state index is 11.7. The van der Waals surface area contributed by atoms with Crippen LogP contribution in [0.15, 0.2) is 16.3 Å². The summed E-state index contributed by atoms with van der Waals surface area (Å²) in [7, 11) is -3.10. The molecule has 0 aliphatic rings. The molecule has 0 bridgehead atoms. The molecule has 1 heterocycles. The zero-order valence-electron chi connectivity index (χ0n) is 7.37. The van der Waals surface area contributed by atoms with Crippen molar-refractivity contribution in [3.63, 3.8) is 0 Å². The maximum Gasteiger partial charge on any atom is 0.187 e. The van der Waals surface area contributed by atoms with Crippen molar-refractivity contribution in [2.24, 2.45) is 0 Å². The summed E-state index contributed by atoms with van der Waals surface area (Å²) in [6.07, 6.45) is 1.56. The van der Waals surface area contributed by atoms with Gasteiger partial charge in [0.2, 0.25) is 0 Å². The van der Waals surface area contributed by atoms with Gasteiger partial charge in [0.1, 0.15) is 4.21 Å².